The molecule has 0 aromatic heterocycles. The SMILES string of the molecule is CCCNC(=O)Nc1ccc(-c2cc(C(F)(F)F)ccc2OCC(=O)O)c(C)c1. The van der Waals surface area contributed by atoms with Gasteiger partial charge in [0.05, 0.1) is 5.56 Å². The summed E-state index contributed by atoms with van der Waals surface area (Å²) in [5.41, 5.74) is 0.713. The number of benzene rings is 2. The fourth-order valence-corrected chi connectivity index (χ4v) is 2.64. The predicted molar refractivity (Wildman–Crippen MR) is 102 cm³/mol. The zero-order chi connectivity index (χ0) is 21.6. The predicted octanol–water partition coefficient (Wildman–Crippen LogP) is 4.68. The third-order valence-electron chi connectivity index (χ3n) is 3.97. The van der Waals surface area contributed by atoms with E-state index in [4.69, 9.17) is 9.84 Å². The summed E-state index contributed by atoms with van der Waals surface area (Å²) in [5.74, 6) is -1.23. The second-order valence-corrected chi connectivity index (χ2v) is 6.30. The lowest BCUT2D eigenvalue weighted by molar-refractivity contribution is -0.140. The molecule has 0 unspecified atom stereocenters. The van der Waals surface area contributed by atoms with Crippen molar-refractivity contribution in [3.8, 4) is 16.9 Å². The van der Waals surface area contributed by atoms with Gasteiger partial charge in [0.25, 0.3) is 0 Å². The van der Waals surface area contributed by atoms with Crippen molar-refractivity contribution in [2.45, 2.75) is 26.4 Å². The lowest BCUT2D eigenvalue weighted by Crippen LogP contribution is -2.29. The van der Waals surface area contributed by atoms with Crippen LogP contribution < -0.4 is 15.4 Å². The molecule has 0 fully saturated rings. The molecule has 0 radical (unpaired) electrons. The van der Waals surface area contributed by atoms with E-state index in [2.05, 4.69) is 10.6 Å². The van der Waals surface area contributed by atoms with Gasteiger partial charge in [0, 0.05) is 17.8 Å². The van der Waals surface area contributed by atoms with E-state index < -0.39 is 24.3 Å². The molecule has 29 heavy (non-hydrogen) atoms. The van der Waals surface area contributed by atoms with Crippen molar-refractivity contribution < 1.29 is 32.6 Å². The lowest BCUT2D eigenvalue weighted by Gasteiger charge is -2.16. The number of carboxylic acid groups (broad SMARTS) is 1. The first-order valence-electron chi connectivity index (χ1n) is 8.83. The van der Waals surface area contributed by atoms with Crippen LogP contribution in [-0.4, -0.2) is 30.3 Å². The lowest BCUT2D eigenvalue weighted by atomic mass is 9.97. The molecule has 2 aromatic carbocycles. The molecule has 2 rings (SSSR count). The Kier molecular flexibility index (Phi) is 7.08. The number of urea groups is 1. The monoisotopic (exact) mass is 410 g/mol. The molecule has 0 spiro atoms. The summed E-state index contributed by atoms with van der Waals surface area (Å²) in [5, 5.41) is 14.1. The Morgan fingerprint density at radius 2 is 1.83 bits per heavy atom. The van der Waals surface area contributed by atoms with Gasteiger partial charge in [-0.1, -0.05) is 13.0 Å². The van der Waals surface area contributed by atoms with Gasteiger partial charge in [0.15, 0.2) is 6.61 Å². The van der Waals surface area contributed by atoms with Crippen LogP contribution in [-0.2, 0) is 11.0 Å². The Balaban J connectivity index is 2.40. The molecule has 0 aliphatic carbocycles. The molecule has 156 valence electrons. The van der Waals surface area contributed by atoms with Crippen LogP contribution in [0.25, 0.3) is 11.1 Å². The van der Waals surface area contributed by atoms with E-state index in [0.717, 1.165) is 24.6 Å². The first-order valence-corrected chi connectivity index (χ1v) is 8.83. The molecule has 0 atom stereocenters. The minimum atomic E-state index is -4.56. The van der Waals surface area contributed by atoms with Gasteiger partial charge in [-0.25, -0.2) is 9.59 Å². The highest BCUT2D eigenvalue weighted by Gasteiger charge is 2.31. The number of nitrogens with one attached hydrogen (secondary N) is 2. The van der Waals surface area contributed by atoms with E-state index in [1.165, 1.54) is 0 Å². The number of aryl methyl sites for hydroxylation is 1. The number of ether oxygens (including phenoxy) is 1. The third kappa shape index (κ3) is 6.13. The van der Waals surface area contributed by atoms with Gasteiger partial charge in [-0.3, -0.25) is 0 Å². The van der Waals surface area contributed by atoms with Gasteiger partial charge in [0.2, 0.25) is 0 Å². The standard InChI is InChI=1S/C20H21F3N2O4/c1-3-8-24-19(28)25-14-5-6-15(12(2)9-14)16-10-13(20(21,22)23)4-7-17(16)29-11-18(26)27/h4-7,9-10H,3,8,11H2,1-2H3,(H,26,27)(H2,24,25,28). The van der Waals surface area contributed by atoms with Crippen molar-refractivity contribution in [1.29, 1.82) is 0 Å². The molecule has 0 aliphatic heterocycles. The van der Waals surface area contributed by atoms with Crippen molar-refractivity contribution in [3.63, 3.8) is 0 Å². The van der Waals surface area contributed by atoms with Crippen molar-refractivity contribution in [2.24, 2.45) is 0 Å². The number of alkyl halides is 3. The van der Waals surface area contributed by atoms with Crippen LogP contribution in [0.3, 0.4) is 0 Å². The Hall–Kier alpha value is -3.23. The molecule has 2 amide bonds. The molecule has 0 saturated carbocycles. The summed E-state index contributed by atoms with van der Waals surface area (Å²) in [6, 6.07) is 7.18. The van der Waals surface area contributed by atoms with Crippen LogP contribution in [0, 0.1) is 6.92 Å². The van der Waals surface area contributed by atoms with Crippen LogP contribution in [0.5, 0.6) is 5.75 Å². The van der Waals surface area contributed by atoms with Gasteiger partial charge in [-0.15, -0.1) is 0 Å². The minimum Gasteiger partial charge on any atom is -0.481 e. The third-order valence-corrected chi connectivity index (χ3v) is 3.97. The number of rotatable bonds is 7. The van der Waals surface area contributed by atoms with Crippen LogP contribution in [0.4, 0.5) is 23.7 Å². The summed E-state index contributed by atoms with van der Waals surface area (Å²) >= 11 is 0. The van der Waals surface area contributed by atoms with Gasteiger partial charge in [-0.05, 0) is 54.8 Å². The van der Waals surface area contributed by atoms with E-state index in [-0.39, 0.29) is 17.3 Å². The quantitative estimate of drug-likeness (QED) is 0.619. The van der Waals surface area contributed by atoms with Crippen LogP contribution in [0.2, 0.25) is 0 Å². The van der Waals surface area contributed by atoms with Crippen LogP contribution in [0.15, 0.2) is 36.4 Å². The second kappa shape index (κ2) is 9.31. The number of aliphatic carboxylic acids is 1. The Morgan fingerprint density at radius 1 is 1.10 bits per heavy atom. The molecule has 0 heterocycles. The number of halogens is 3. The number of carbonyl (C=O) groups is 2. The number of hydrogen-bond donors (Lipinski definition) is 3. The molecule has 0 bridgehead atoms. The number of anilines is 1. The molecule has 0 saturated heterocycles. The smallest absolute Gasteiger partial charge is 0.416 e. The zero-order valence-corrected chi connectivity index (χ0v) is 15.9. The van der Waals surface area contributed by atoms with Gasteiger partial charge in [0.1, 0.15) is 5.75 Å². The van der Waals surface area contributed by atoms with E-state index in [0.29, 0.717) is 23.4 Å². The minimum absolute atomic E-state index is 0.0184. The summed E-state index contributed by atoms with van der Waals surface area (Å²) < 4.78 is 44.6. The van der Waals surface area contributed by atoms with Crippen LogP contribution in [0.1, 0.15) is 24.5 Å². The Labute approximate surface area is 165 Å². The van der Waals surface area contributed by atoms with Gasteiger partial charge >= 0.3 is 18.2 Å². The number of amides is 2. The zero-order valence-electron chi connectivity index (χ0n) is 15.9. The summed E-state index contributed by atoms with van der Waals surface area (Å²) in [4.78, 5) is 22.6. The maximum Gasteiger partial charge on any atom is 0.416 e. The molecule has 2 aromatic rings. The normalized spacial score (nSPS) is 11.1. The average molecular weight is 410 g/mol. The van der Waals surface area contributed by atoms with E-state index in [9.17, 15) is 22.8 Å². The van der Waals surface area contributed by atoms with Gasteiger partial charge < -0.3 is 20.5 Å². The Bertz CT molecular complexity index is 898. The molecule has 6 nitrogen and oxygen atoms in total. The average Bonchev–Trinajstić information content (AvgIpc) is 2.64. The maximum atomic E-state index is 13.1. The van der Waals surface area contributed by atoms with E-state index in [1.54, 1.807) is 25.1 Å². The molecule has 9 heteroatoms. The summed E-state index contributed by atoms with van der Waals surface area (Å²) in [6.07, 6.45) is -3.78. The number of carboxylic acids is 1. The van der Waals surface area contributed by atoms with E-state index >= 15 is 0 Å². The highest BCUT2D eigenvalue weighted by Crippen LogP contribution is 2.39. The number of carbonyl (C=O) groups excluding carboxylic acids is 1. The fourth-order valence-electron chi connectivity index (χ4n) is 2.64. The van der Waals surface area contributed by atoms with Crippen molar-refractivity contribution >= 4 is 17.7 Å². The number of hydrogen-bond acceptors (Lipinski definition) is 3. The first-order chi connectivity index (χ1) is 13.6. The van der Waals surface area contributed by atoms with Crippen molar-refractivity contribution in [1.82, 2.24) is 5.32 Å². The topological polar surface area (TPSA) is 87.7 Å². The maximum absolute atomic E-state index is 13.1. The Morgan fingerprint density at radius 3 is 2.41 bits per heavy atom. The molecule has 3 N–H and O–H groups in total. The first kappa shape index (κ1) is 22.1. The molecular weight excluding hydrogens is 389 g/mol. The van der Waals surface area contributed by atoms with Crippen LogP contribution >= 0.6 is 0 Å². The van der Waals surface area contributed by atoms with E-state index in [1.807, 2.05) is 6.92 Å². The highest BCUT2D eigenvalue weighted by molar-refractivity contribution is 5.90. The largest absolute Gasteiger partial charge is 0.481 e. The second-order valence-electron chi connectivity index (χ2n) is 6.30. The van der Waals surface area contributed by atoms with Crippen molar-refractivity contribution in [2.75, 3.05) is 18.5 Å². The fraction of sp³-hybridized carbons (Fsp3) is 0.300. The summed E-state index contributed by atoms with van der Waals surface area (Å²) in [7, 11) is 0. The molecule has 0 aliphatic rings. The summed E-state index contributed by atoms with van der Waals surface area (Å²) in [6.45, 7) is 3.41. The van der Waals surface area contributed by atoms with Gasteiger partial charge in [-0.2, -0.15) is 13.2 Å². The van der Waals surface area contributed by atoms with Crippen molar-refractivity contribution in [3.05, 3.63) is 47.5 Å². The highest BCUT2D eigenvalue weighted by atomic mass is 19.4. The molecular formula is C20H21F3N2O4.